The Morgan fingerprint density at radius 1 is 1.20 bits per heavy atom. The second-order valence-electron chi connectivity index (χ2n) is 5.18. The Hall–Kier alpha value is -0.820. The predicted octanol–water partition coefficient (Wildman–Crippen LogP) is 3.06. The highest BCUT2D eigenvalue weighted by molar-refractivity contribution is 5.43. The van der Waals surface area contributed by atoms with Gasteiger partial charge in [0.15, 0.2) is 0 Å². The van der Waals surface area contributed by atoms with Gasteiger partial charge in [0.1, 0.15) is 0 Å². The minimum absolute atomic E-state index is 0.343. The van der Waals surface area contributed by atoms with E-state index in [-0.39, 0.29) is 0 Å². The van der Waals surface area contributed by atoms with Crippen LogP contribution in [-0.2, 0) is 0 Å². The second-order valence-corrected chi connectivity index (χ2v) is 5.18. The molecule has 82 valence electrons. The first kappa shape index (κ1) is 10.7. The van der Waals surface area contributed by atoms with Crippen molar-refractivity contribution in [1.82, 2.24) is 0 Å². The molecule has 1 nitrogen and oxygen atoms in total. The maximum Gasteiger partial charge on any atom is 0.00448 e. The van der Waals surface area contributed by atoms with Crippen LogP contribution in [0.3, 0.4) is 0 Å². The predicted molar refractivity (Wildman–Crippen MR) is 65.2 cm³/mol. The van der Waals surface area contributed by atoms with Crippen LogP contribution in [0.4, 0.5) is 0 Å². The van der Waals surface area contributed by atoms with Gasteiger partial charge in [0.05, 0.1) is 0 Å². The van der Waals surface area contributed by atoms with E-state index in [9.17, 15) is 0 Å². The van der Waals surface area contributed by atoms with Crippen molar-refractivity contribution in [2.45, 2.75) is 46.1 Å². The summed E-state index contributed by atoms with van der Waals surface area (Å²) < 4.78 is 0. The lowest BCUT2D eigenvalue weighted by Crippen LogP contribution is -2.18. The third-order valence-electron chi connectivity index (χ3n) is 3.62. The summed E-state index contributed by atoms with van der Waals surface area (Å²) in [6.07, 6.45) is 1.28. The van der Waals surface area contributed by atoms with Crippen molar-refractivity contribution >= 4 is 0 Å². The molecular formula is C14H21N. The summed E-state index contributed by atoms with van der Waals surface area (Å²) in [4.78, 5) is 0. The maximum atomic E-state index is 5.96. The van der Waals surface area contributed by atoms with E-state index in [4.69, 9.17) is 5.73 Å². The van der Waals surface area contributed by atoms with Crippen LogP contribution >= 0.6 is 0 Å². The Morgan fingerprint density at radius 3 is 2.13 bits per heavy atom. The van der Waals surface area contributed by atoms with Gasteiger partial charge in [0, 0.05) is 6.04 Å². The van der Waals surface area contributed by atoms with E-state index in [2.05, 4.69) is 39.8 Å². The molecule has 1 fully saturated rings. The van der Waals surface area contributed by atoms with Crippen LogP contribution in [0.5, 0.6) is 0 Å². The number of aryl methyl sites for hydroxylation is 3. The zero-order chi connectivity index (χ0) is 11.2. The molecule has 0 spiro atoms. The van der Waals surface area contributed by atoms with Crippen LogP contribution in [0.2, 0.25) is 0 Å². The molecular weight excluding hydrogens is 182 g/mol. The summed E-state index contributed by atoms with van der Waals surface area (Å²) in [5.74, 6) is 1.44. The molecule has 1 aliphatic carbocycles. The van der Waals surface area contributed by atoms with Gasteiger partial charge < -0.3 is 5.73 Å². The van der Waals surface area contributed by atoms with Crippen LogP contribution in [0.15, 0.2) is 12.1 Å². The summed E-state index contributed by atoms with van der Waals surface area (Å²) in [6, 6.07) is 4.92. The van der Waals surface area contributed by atoms with Crippen LogP contribution in [0.1, 0.15) is 41.5 Å². The second kappa shape index (κ2) is 3.64. The van der Waals surface area contributed by atoms with Gasteiger partial charge in [0.2, 0.25) is 0 Å². The lowest BCUT2D eigenvalue weighted by Gasteiger charge is -2.12. The van der Waals surface area contributed by atoms with Gasteiger partial charge in [-0.25, -0.2) is 0 Å². The van der Waals surface area contributed by atoms with Crippen molar-refractivity contribution in [2.75, 3.05) is 0 Å². The third-order valence-corrected chi connectivity index (χ3v) is 3.62. The Labute approximate surface area is 92.7 Å². The van der Waals surface area contributed by atoms with Crippen molar-refractivity contribution < 1.29 is 0 Å². The Bertz CT molecular complexity index is 356. The van der Waals surface area contributed by atoms with Gasteiger partial charge in [-0.05, 0) is 62.6 Å². The standard InChI is InChI=1S/C14H21N/c1-8-5-9(2)14(10(3)6-8)13-7-12(13)11(4)15/h5-6,11-13H,7,15H2,1-4H3. The van der Waals surface area contributed by atoms with E-state index in [1.54, 1.807) is 5.56 Å². The van der Waals surface area contributed by atoms with Gasteiger partial charge in [0.25, 0.3) is 0 Å². The zero-order valence-corrected chi connectivity index (χ0v) is 10.2. The Kier molecular flexibility index (Phi) is 2.59. The summed E-state index contributed by atoms with van der Waals surface area (Å²) in [6.45, 7) is 8.75. The van der Waals surface area contributed by atoms with Crippen LogP contribution in [-0.4, -0.2) is 6.04 Å². The molecule has 0 bridgehead atoms. The molecule has 0 saturated heterocycles. The third kappa shape index (κ3) is 1.93. The van der Waals surface area contributed by atoms with E-state index in [0.717, 1.165) is 5.92 Å². The summed E-state index contributed by atoms with van der Waals surface area (Å²) in [5, 5.41) is 0. The summed E-state index contributed by atoms with van der Waals surface area (Å²) in [7, 11) is 0. The highest BCUT2D eigenvalue weighted by Gasteiger charge is 2.41. The molecule has 1 aliphatic rings. The Morgan fingerprint density at radius 2 is 1.73 bits per heavy atom. The molecule has 0 heterocycles. The topological polar surface area (TPSA) is 26.0 Å². The van der Waals surface area contributed by atoms with Gasteiger partial charge in [-0.2, -0.15) is 0 Å². The highest BCUT2D eigenvalue weighted by Crippen LogP contribution is 2.51. The van der Waals surface area contributed by atoms with Crippen molar-refractivity contribution in [3.8, 4) is 0 Å². The fourth-order valence-electron chi connectivity index (χ4n) is 2.90. The first-order chi connectivity index (χ1) is 7.00. The minimum atomic E-state index is 0.343. The average molecular weight is 203 g/mol. The molecule has 2 rings (SSSR count). The molecule has 15 heavy (non-hydrogen) atoms. The number of hydrogen-bond donors (Lipinski definition) is 1. The molecule has 3 unspecified atom stereocenters. The molecule has 1 saturated carbocycles. The number of nitrogens with two attached hydrogens (primary N) is 1. The lowest BCUT2D eigenvalue weighted by atomic mass is 9.94. The monoisotopic (exact) mass is 203 g/mol. The van der Waals surface area contributed by atoms with E-state index < -0.39 is 0 Å². The maximum absolute atomic E-state index is 5.96. The zero-order valence-electron chi connectivity index (χ0n) is 10.2. The quantitative estimate of drug-likeness (QED) is 0.785. The summed E-state index contributed by atoms with van der Waals surface area (Å²) in [5.41, 5.74) is 11.8. The molecule has 3 atom stereocenters. The van der Waals surface area contributed by atoms with Crippen molar-refractivity contribution in [3.63, 3.8) is 0 Å². The minimum Gasteiger partial charge on any atom is -0.328 e. The molecule has 0 aliphatic heterocycles. The fraction of sp³-hybridized carbons (Fsp3) is 0.571. The van der Waals surface area contributed by atoms with Crippen molar-refractivity contribution in [2.24, 2.45) is 11.7 Å². The lowest BCUT2D eigenvalue weighted by molar-refractivity contribution is 0.630. The molecule has 0 amide bonds. The van der Waals surface area contributed by atoms with Crippen LogP contribution < -0.4 is 5.73 Å². The van der Waals surface area contributed by atoms with Crippen molar-refractivity contribution in [1.29, 1.82) is 0 Å². The van der Waals surface area contributed by atoms with Crippen LogP contribution in [0, 0.1) is 26.7 Å². The van der Waals surface area contributed by atoms with E-state index >= 15 is 0 Å². The van der Waals surface area contributed by atoms with Gasteiger partial charge >= 0.3 is 0 Å². The number of hydrogen-bond acceptors (Lipinski definition) is 1. The van der Waals surface area contributed by atoms with E-state index in [1.807, 2.05) is 0 Å². The smallest absolute Gasteiger partial charge is 0.00448 e. The highest BCUT2D eigenvalue weighted by atomic mass is 14.7. The number of benzene rings is 1. The van der Waals surface area contributed by atoms with Gasteiger partial charge in [-0.15, -0.1) is 0 Å². The first-order valence-electron chi connectivity index (χ1n) is 5.84. The largest absolute Gasteiger partial charge is 0.328 e. The fourth-order valence-corrected chi connectivity index (χ4v) is 2.90. The normalized spacial score (nSPS) is 26.5. The molecule has 2 N–H and O–H groups in total. The molecule has 1 aromatic rings. The van der Waals surface area contributed by atoms with Gasteiger partial charge in [-0.3, -0.25) is 0 Å². The SMILES string of the molecule is Cc1cc(C)c(C2CC2C(C)N)c(C)c1. The molecule has 1 heteroatoms. The average Bonchev–Trinajstić information content (AvgIpc) is 2.81. The van der Waals surface area contributed by atoms with E-state index in [0.29, 0.717) is 12.0 Å². The van der Waals surface area contributed by atoms with E-state index in [1.165, 1.54) is 23.1 Å². The first-order valence-corrected chi connectivity index (χ1v) is 5.84. The number of rotatable bonds is 2. The molecule has 1 aromatic carbocycles. The van der Waals surface area contributed by atoms with Crippen molar-refractivity contribution in [3.05, 3.63) is 34.4 Å². The van der Waals surface area contributed by atoms with Gasteiger partial charge in [-0.1, -0.05) is 17.7 Å². The Balaban J connectivity index is 2.31. The summed E-state index contributed by atoms with van der Waals surface area (Å²) >= 11 is 0. The molecule has 0 radical (unpaired) electrons. The molecule has 0 aromatic heterocycles. The van der Waals surface area contributed by atoms with Crippen LogP contribution in [0.25, 0.3) is 0 Å².